The maximum atomic E-state index is 12.4. The van der Waals surface area contributed by atoms with Gasteiger partial charge in [-0.25, -0.2) is 0 Å². The number of ether oxygens (including phenoxy) is 1. The van der Waals surface area contributed by atoms with Crippen molar-refractivity contribution >= 4 is 46.1 Å². The maximum absolute atomic E-state index is 12.4. The van der Waals surface area contributed by atoms with Gasteiger partial charge in [0.1, 0.15) is 11.3 Å². The van der Waals surface area contributed by atoms with Crippen LogP contribution >= 0.6 is 11.6 Å². The van der Waals surface area contributed by atoms with Crippen LogP contribution in [-0.4, -0.2) is 32.1 Å². The number of halogens is 1. The highest BCUT2D eigenvalue weighted by atomic mass is 35.5. The lowest BCUT2D eigenvalue weighted by atomic mass is 10.1. The Kier molecular flexibility index (Phi) is 7.27. The van der Waals surface area contributed by atoms with Gasteiger partial charge in [0.2, 0.25) is 5.91 Å². The number of anilines is 1. The number of aryl methyl sites for hydroxylation is 1. The zero-order chi connectivity index (χ0) is 21.5. The Bertz CT molecular complexity index is 1090. The van der Waals surface area contributed by atoms with E-state index < -0.39 is 0 Å². The van der Waals surface area contributed by atoms with Gasteiger partial charge in [0, 0.05) is 42.8 Å². The molecule has 7 heteroatoms. The molecule has 0 aliphatic rings. The van der Waals surface area contributed by atoms with E-state index >= 15 is 0 Å². The first-order valence-corrected chi connectivity index (χ1v) is 9.97. The van der Waals surface area contributed by atoms with E-state index in [1.807, 2.05) is 31.2 Å². The van der Waals surface area contributed by atoms with Crippen LogP contribution in [0.5, 0.6) is 0 Å². The number of nitrogens with one attached hydrogen (secondary N) is 2. The number of amides is 2. The van der Waals surface area contributed by atoms with Crippen LogP contribution in [0.4, 0.5) is 5.69 Å². The average molecular weight is 427 g/mol. The lowest BCUT2D eigenvalue weighted by Gasteiger charge is -2.08. The van der Waals surface area contributed by atoms with E-state index in [0.29, 0.717) is 24.4 Å². The first-order chi connectivity index (χ1) is 14.5. The van der Waals surface area contributed by atoms with Crippen molar-refractivity contribution in [3.63, 3.8) is 0 Å². The maximum Gasteiger partial charge on any atom is 0.252 e. The van der Waals surface area contributed by atoms with E-state index in [4.69, 9.17) is 20.8 Å². The first kappa shape index (κ1) is 21.6. The fourth-order valence-electron chi connectivity index (χ4n) is 3.04. The van der Waals surface area contributed by atoms with Crippen molar-refractivity contribution in [3.05, 3.63) is 70.5 Å². The molecule has 2 N–H and O–H groups in total. The molecule has 3 rings (SSSR count). The monoisotopic (exact) mass is 426 g/mol. The molecule has 3 aromatic rings. The molecule has 1 heterocycles. The summed E-state index contributed by atoms with van der Waals surface area (Å²) >= 11 is 6.21. The van der Waals surface area contributed by atoms with Crippen LogP contribution in [0.2, 0.25) is 5.02 Å². The molecular weight excluding hydrogens is 404 g/mol. The minimum Gasteiger partial charge on any atom is -0.460 e. The molecular formula is C23H23ClN2O4. The number of para-hydroxylation sites is 1. The number of carbonyl (C=O) groups is 2. The molecule has 1 aromatic heterocycles. The molecule has 6 nitrogen and oxygen atoms in total. The average Bonchev–Trinajstić information content (AvgIpc) is 3.10. The van der Waals surface area contributed by atoms with Gasteiger partial charge >= 0.3 is 0 Å². The Labute approximate surface area is 179 Å². The smallest absolute Gasteiger partial charge is 0.252 e. The van der Waals surface area contributed by atoms with Crippen LogP contribution < -0.4 is 10.6 Å². The Balaban J connectivity index is 1.69. The Morgan fingerprint density at radius 3 is 2.73 bits per heavy atom. The molecule has 0 saturated heterocycles. The molecule has 0 aliphatic carbocycles. The number of furan rings is 1. The predicted octanol–water partition coefficient (Wildman–Crippen LogP) is 4.68. The van der Waals surface area contributed by atoms with Crippen molar-refractivity contribution < 1.29 is 18.7 Å². The standard InChI is InChI=1S/C23H23ClN2O4/c1-3-20-17(16-6-4-5-7-21(16)30-20)10-11-22(27)26-15-8-9-18(19(24)14-15)23(28)25-12-13-29-2/h4-11,14H,3,12-13H2,1-2H3,(H,25,28)(H,26,27)/b11-10+. The van der Waals surface area contributed by atoms with Crippen molar-refractivity contribution in [2.75, 3.05) is 25.6 Å². The molecule has 2 aromatic carbocycles. The first-order valence-electron chi connectivity index (χ1n) is 9.59. The fraction of sp³-hybridized carbons (Fsp3) is 0.217. The van der Waals surface area contributed by atoms with Crippen LogP contribution in [-0.2, 0) is 16.0 Å². The Morgan fingerprint density at radius 1 is 1.20 bits per heavy atom. The third-order valence-corrected chi connectivity index (χ3v) is 4.82. The van der Waals surface area contributed by atoms with Gasteiger partial charge in [0.25, 0.3) is 5.91 Å². The zero-order valence-electron chi connectivity index (χ0n) is 16.8. The highest BCUT2D eigenvalue weighted by Gasteiger charge is 2.12. The van der Waals surface area contributed by atoms with Gasteiger partial charge in [0.15, 0.2) is 0 Å². The Morgan fingerprint density at radius 2 is 2.00 bits per heavy atom. The van der Waals surface area contributed by atoms with Crippen LogP contribution in [0.15, 0.2) is 53.0 Å². The number of methoxy groups -OCH3 is 1. The van der Waals surface area contributed by atoms with E-state index in [9.17, 15) is 9.59 Å². The molecule has 0 atom stereocenters. The molecule has 0 aliphatic heterocycles. The highest BCUT2D eigenvalue weighted by molar-refractivity contribution is 6.34. The Hall–Kier alpha value is -3.09. The summed E-state index contributed by atoms with van der Waals surface area (Å²) in [6.45, 7) is 2.80. The van der Waals surface area contributed by atoms with E-state index in [2.05, 4.69) is 10.6 Å². The van der Waals surface area contributed by atoms with Crippen LogP contribution in [0.1, 0.15) is 28.6 Å². The lowest BCUT2D eigenvalue weighted by Crippen LogP contribution is -2.27. The van der Waals surface area contributed by atoms with Gasteiger partial charge < -0.3 is 19.8 Å². The zero-order valence-corrected chi connectivity index (χ0v) is 17.6. The van der Waals surface area contributed by atoms with E-state index in [1.54, 1.807) is 31.4 Å². The highest BCUT2D eigenvalue weighted by Crippen LogP contribution is 2.27. The van der Waals surface area contributed by atoms with Crippen LogP contribution in [0.25, 0.3) is 17.0 Å². The topological polar surface area (TPSA) is 80.6 Å². The van der Waals surface area contributed by atoms with Crippen molar-refractivity contribution in [1.29, 1.82) is 0 Å². The third kappa shape index (κ3) is 5.09. The number of benzene rings is 2. The number of hydrogen-bond acceptors (Lipinski definition) is 4. The second-order valence-corrected chi connectivity index (χ2v) is 6.96. The molecule has 0 fully saturated rings. The summed E-state index contributed by atoms with van der Waals surface area (Å²) < 4.78 is 10.7. The van der Waals surface area contributed by atoms with Crippen molar-refractivity contribution in [2.45, 2.75) is 13.3 Å². The lowest BCUT2D eigenvalue weighted by molar-refractivity contribution is -0.111. The molecule has 0 bridgehead atoms. The summed E-state index contributed by atoms with van der Waals surface area (Å²) in [6.07, 6.45) is 3.93. The summed E-state index contributed by atoms with van der Waals surface area (Å²) in [7, 11) is 1.56. The summed E-state index contributed by atoms with van der Waals surface area (Å²) in [5.74, 6) is 0.219. The largest absolute Gasteiger partial charge is 0.460 e. The minimum atomic E-state index is -0.310. The van der Waals surface area contributed by atoms with Crippen molar-refractivity contribution in [1.82, 2.24) is 5.32 Å². The molecule has 0 spiro atoms. The molecule has 0 unspecified atom stereocenters. The summed E-state index contributed by atoms with van der Waals surface area (Å²) in [4.78, 5) is 24.5. The second-order valence-electron chi connectivity index (χ2n) is 6.55. The van der Waals surface area contributed by atoms with Gasteiger partial charge in [0.05, 0.1) is 17.2 Å². The number of fused-ring (bicyclic) bond motifs is 1. The summed E-state index contributed by atoms with van der Waals surface area (Å²) in [5, 5.41) is 6.68. The number of hydrogen-bond donors (Lipinski definition) is 2. The predicted molar refractivity (Wildman–Crippen MR) is 119 cm³/mol. The van der Waals surface area contributed by atoms with Gasteiger partial charge in [-0.05, 0) is 30.3 Å². The summed E-state index contributed by atoms with van der Waals surface area (Å²) in [5.41, 5.74) is 2.51. The summed E-state index contributed by atoms with van der Waals surface area (Å²) in [6, 6.07) is 12.5. The van der Waals surface area contributed by atoms with Crippen LogP contribution in [0.3, 0.4) is 0 Å². The molecule has 156 valence electrons. The van der Waals surface area contributed by atoms with E-state index in [0.717, 1.165) is 28.7 Å². The van der Waals surface area contributed by atoms with Gasteiger partial charge in [-0.3, -0.25) is 9.59 Å². The number of carbonyl (C=O) groups excluding carboxylic acids is 2. The SMILES string of the molecule is CCc1oc2ccccc2c1/C=C/C(=O)Nc1ccc(C(=O)NCCOC)c(Cl)c1. The fourth-order valence-corrected chi connectivity index (χ4v) is 3.31. The van der Waals surface area contributed by atoms with Gasteiger partial charge in [-0.15, -0.1) is 0 Å². The quantitative estimate of drug-likeness (QED) is 0.405. The number of rotatable bonds is 8. The molecule has 2 amide bonds. The molecule has 30 heavy (non-hydrogen) atoms. The van der Waals surface area contributed by atoms with E-state index in [-0.39, 0.29) is 16.8 Å². The van der Waals surface area contributed by atoms with E-state index in [1.165, 1.54) is 6.08 Å². The van der Waals surface area contributed by atoms with Crippen molar-refractivity contribution in [2.24, 2.45) is 0 Å². The normalized spacial score (nSPS) is 11.2. The molecule has 0 saturated carbocycles. The van der Waals surface area contributed by atoms with Crippen molar-refractivity contribution in [3.8, 4) is 0 Å². The second kappa shape index (κ2) is 10.1. The van der Waals surface area contributed by atoms with Crippen LogP contribution in [0, 0.1) is 0 Å². The van der Waals surface area contributed by atoms with Gasteiger partial charge in [-0.2, -0.15) is 0 Å². The third-order valence-electron chi connectivity index (χ3n) is 4.51. The molecule has 0 radical (unpaired) electrons. The van der Waals surface area contributed by atoms with Gasteiger partial charge in [-0.1, -0.05) is 36.7 Å². The minimum absolute atomic E-state index is 0.251.